The minimum Gasteiger partial charge on any atom is -0.310 e. The molecule has 16 rings (SSSR count). The van der Waals surface area contributed by atoms with E-state index in [0.29, 0.717) is 0 Å². The Hall–Kier alpha value is -9.76. The van der Waals surface area contributed by atoms with Crippen LogP contribution in [-0.4, -0.2) is 0 Å². The molecule has 0 saturated heterocycles. The molecule has 0 heterocycles. The van der Waals surface area contributed by atoms with Gasteiger partial charge in [0.25, 0.3) is 0 Å². The largest absolute Gasteiger partial charge is 0.310 e. The van der Waals surface area contributed by atoms with Gasteiger partial charge in [0.15, 0.2) is 0 Å². The summed E-state index contributed by atoms with van der Waals surface area (Å²) in [5, 5.41) is 0. The Morgan fingerprint density at radius 1 is 0.278 bits per heavy atom. The van der Waals surface area contributed by atoms with Crippen molar-refractivity contribution in [2.24, 2.45) is 0 Å². The van der Waals surface area contributed by atoms with E-state index in [2.05, 4.69) is 303 Å². The Bertz CT molecular complexity index is 4420. The summed E-state index contributed by atoms with van der Waals surface area (Å²) >= 11 is 0. The number of anilines is 6. The fourth-order valence-electron chi connectivity index (χ4n) is 14.4. The minimum absolute atomic E-state index is 0.130. The molecule has 2 heteroatoms. The standard InChI is InChI=1S/C77H54N2/c1-76(2)67-33-17-15-30-64(67)74-70(76)43-44-71-75(74)65-31-16-19-35-69(65)77(71)68-34-18-14-29-62(68)63-42-41-57(49-72(63)77)79(73-36-20-32-61-60-28-13-12-25-53(60)47-66(61)73)59-46-54(51-23-8-4-9-24-51)45-58(48-59)78(55-26-10-5-11-27-55)56-39-37-52(38-40-56)50-21-6-3-7-22-50/h3-46,48-49H,47H2,1-2H3. The Balaban J connectivity index is 0.964. The SMILES string of the molecule is CC1(C)c2ccccc2-c2c1ccc1c2-c2ccccc2C12c1ccccc1-c1ccc(N(c3cc(-c4ccccc4)cc(N(c4ccccc4)c4ccc(-c5ccccc5)cc4)c3)c3cccc4c3Cc3ccccc3-4)cc12. The highest BCUT2D eigenvalue weighted by Crippen LogP contribution is 2.67. The van der Waals surface area contributed by atoms with Gasteiger partial charge in [-0.05, 0) is 172 Å². The molecule has 1 atom stereocenters. The maximum Gasteiger partial charge on any atom is 0.0726 e. The van der Waals surface area contributed by atoms with Crippen molar-refractivity contribution < 1.29 is 0 Å². The zero-order valence-electron chi connectivity index (χ0n) is 44.2. The van der Waals surface area contributed by atoms with Crippen LogP contribution in [0.5, 0.6) is 0 Å². The smallest absolute Gasteiger partial charge is 0.0726 e. The lowest BCUT2D eigenvalue weighted by Gasteiger charge is -2.34. The molecule has 1 spiro atoms. The fraction of sp³-hybridized carbons (Fsp3) is 0.0649. The Labute approximate surface area is 462 Å². The van der Waals surface area contributed by atoms with Crippen molar-refractivity contribution in [3.8, 4) is 66.8 Å². The second kappa shape index (κ2) is 17.4. The lowest BCUT2D eigenvalue weighted by molar-refractivity contribution is 0.660. The summed E-state index contributed by atoms with van der Waals surface area (Å²) in [6.45, 7) is 4.80. The second-order valence-electron chi connectivity index (χ2n) is 22.3. The molecule has 12 aromatic carbocycles. The maximum atomic E-state index is 2.59. The van der Waals surface area contributed by atoms with Crippen molar-refractivity contribution in [3.63, 3.8) is 0 Å². The van der Waals surface area contributed by atoms with Gasteiger partial charge in [0.1, 0.15) is 0 Å². The van der Waals surface area contributed by atoms with Gasteiger partial charge >= 0.3 is 0 Å². The van der Waals surface area contributed by atoms with Gasteiger partial charge in [-0.15, -0.1) is 0 Å². The molecule has 0 N–H and O–H groups in total. The van der Waals surface area contributed by atoms with Crippen LogP contribution in [-0.2, 0) is 17.3 Å². The Morgan fingerprint density at radius 3 is 1.49 bits per heavy atom. The Kier molecular flexibility index (Phi) is 10.00. The molecule has 0 saturated carbocycles. The third kappa shape index (κ3) is 6.65. The van der Waals surface area contributed by atoms with Crippen LogP contribution in [0.25, 0.3) is 66.8 Å². The molecule has 12 aromatic rings. The molecule has 0 bridgehead atoms. The maximum absolute atomic E-state index is 2.59. The van der Waals surface area contributed by atoms with Gasteiger partial charge in [-0.3, -0.25) is 0 Å². The van der Waals surface area contributed by atoms with Crippen LogP contribution < -0.4 is 9.80 Å². The molecular formula is C77H54N2. The monoisotopic (exact) mass is 1010 g/mol. The van der Waals surface area contributed by atoms with E-state index in [1.54, 1.807) is 0 Å². The average Bonchev–Trinajstić information content (AvgIpc) is 2.88. The summed E-state index contributed by atoms with van der Waals surface area (Å²) in [6.07, 6.45) is 0.845. The first-order valence-electron chi connectivity index (χ1n) is 27.8. The first-order chi connectivity index (χ1) is 38.9. The number of para-hydroxylation sites is 1. The van der Waals surface area contributed by atoms with E-state index in [-0.39, 0.29) is 5.41 Å². The van der Waals surface area contributed by atoms with Gasteiger partial charge in [0.05, 0.1) is 11.1 Å². The molecule has 0 aromatic heterocycles. The van der Waals surface area contributed by atoms with E-state index >= 15 is 0 Å². The lowest BCUT2D eigenvalue weighted by atomic mass is 9.70. The van der Waals surface area contributed by atoms with Gasteiger partial charge in [0.2, 0.25) is 0 Å². The van der Waals surface area contributed by atoms with E-state index in [1.165, 1.54) is 106 Å². The van der Waals surface area contributed by atoms with Crippen LogP contribution in [0.4, 0.5) is 34.1 Å². The molecule has 0 fully saturated rings. The summed E-state index contributed by atoms with van der Waals surface area (Å²) < 4.78 is 0. The zero-order valence-corrected chi connectivity index (χ0v) is 44.2. The van der Waals surface area contributed by atoms with Crippen LogP contribution in [0.3, 0.4) is 0 Å². The van der Waals surface area contributed by atoms with Crippen molar-refractivity contribution in [1.29, 1.82) is 0 Å². The molecule has 79 heavy (non-hydrogen) atoms. The second-order valence-corrected chi connectivity index (χ2v) is 22.3. The van der Waals surface area contributed by atoms with Crippen molar-refractivity contribution in [2.75, 3.05) is 9.80 Å². The lowest BCUT2D eigenvalue weighted by Crippen LogP contribution is -2.26. The van der Waals surface area contributed by atoms with Crippen LogP contribution in [0.1, 0.15) is 58.4 Å². The number of benzene rings is 12. The highest BCUT2D eigenvalue weighted by Gasteiger charge is 2.54. The molecule has 0 amide bonds. The average molecular weight is 1010 g/mol. The highest BCUT2D eigenvalue weighted by molar-refractivity contribution is 6.04. The van der Waals surface area contributed by atoms with E-state index in [4.69, 9.17) is 0 Å². The van der Waals surface area contributed by atoms with Crippen LogP contribution >= 0.6 is 0 Å². The van der Waals surface area contributed by atoms with Gasteiger partial charge in [-0.1, -0.05) is 232 Å². The number of hydrogen-bond acceptors (Lipinski definition) is 2. The predicted molar refractivity (Wildman–Crippen MR) is 329 cm³/mol. The molecule has 0 aliphatic heterocycles. The van der Waals surface area contributed by atoms with Crippen LogP contribution in [0.2, 0.25) is 0 Å². The van der Waals surface area contributed by atoms with E-state index in [0.717, 1.165) is 46.0 Å². The molecule has 1 unspecified atom stereocenters. The van der Waals surface area contributed by atoms with E-state index < -0.39 is 5.41 Å². The first kappa shape index (κ1) is 45.4. The van der Waals surface area contributed by atoms with E-state index in [1.807, 2.05) is 0 Å². The summed E-state index contributed by atoms with van der Waals surface area (Å²) in [4.78, 5) is 5.01. The topological polar surface area (TPSA) is 6.48 Å². The number of rotatable bonds is 8. The van der Waals surface area contributed by atoms with Crippen LogP contribution in [0.15, 0.2) is 279 Å². The Morgan fingerprint density at radius 2 is 0.772 bits per heavy atom. The predicted octanol–water partition coefficient (Wildman–Crippen LogP) is 20.2. The van der Waals surface area contributed by atoms with Gasteiger partial charge < -0.3 is 9.80 Å². The quantitative estimate of drug-likeness (QED) is 0.150. The van der Waals surface area contributed by atoms with Crippen molar-refractivity contribution >= 4 is 34.1 Å². The first-order valence-corrected chi connectivity index (χ1v) is 27.8. The van der Waals surface area contributed by atoms with Crippen molar-refractivity contribution in [1.82, 2.24) is 0 Å². The zero-order chi connectivity index (χ0) is 52.4. The molecule has 4 aliphatic carbocycles. The third-order valence-corrected chi connectivity index (χ3v) is 17.9. The summed E-state index contributed by atoms with van der Waals surface area (Å²) in [6, 6.07) is 105. The van der Waals surface area contributed by atoms with Gasteiger partial charge in [-0.2, -0.15) is 0 Å². The molecular weight excluding hydrogens is 953 g/mol. The van der Waals surface area contributed by atoms with Gasteiger partial charge in [-0.25, -0.2) is 0 Å². The number of nitrogens with zero attached hydrogens (tertiary/aromatic N) is 2. The summed E-state index contributed by atoms with van der Waals surface area (Å²) in [7, 11) is 0. The van der Waals surface area contributed by atoms with Crippen LogP contribution in [0, 0.1) is 0 Å². The van der Waals surface area contributed by atoms with Crippen molar-refractivity contribution in [2.45, 2.75) is 31.1 Å². The van der Waals surface area contributed by atoms with E-state index in [9.17, 15) is 0 Å². The normalized spacial score (nSPS) is 15.1. The molecule has 4 aliphatic rings. The molecule has 0 radical (unpaired) electrons. The highest BCUT2D eigenvalue weighted by atomic mass is 15.2. The summed E-state index contributed by atoms with van der Waals surface area (Å²) in [5.41, 5.74) is 32.0. The molecule has 372 valence electrons. The fourth-order valence-corrected chi connectivity index (χ4v) is 14.4. The molecule has 2 nitrogen and oxygen atoms in total. The summed E-state index contributed by atoms with van der Waals surface area (Å²) in [5.74, 6) is 0. The van der Waals surface area contributed by atoms with Crippen molar-refractivity contribution in [3.05, 3.63) is 324 Å². The number of fused-ring (bicyclic) bond motifs is 17. The van der Waals surface area contributed by atoms with Gasteiger partial charge in [0, 0.05) is 40.3 Å². The number of hydrogen-bond donors (Lipinski definition) is 0. The third-order valence-electron chi connectivity index (χ3n) is 17.9. The minimum atomic E-state index is -0.571.